The highest BCUT2D eigenvalue weighted by Gasteiger charge is 2.18. The van der Waals surface area contributed by atoms with Gasteiger partial charge in [-0.05, 0) is 74.1 Å². The van der Waals surface area contributed by atoms with Crippen LogP contribution in [0.25, 0.3) is 11.5 Å². The lowest BCUT2D eigenvalue weighted by Gasteiger charge is -2.21. The van der Waals surface area contributed by atoms with Crippen molar-refractivity contribution in [2.75, 3.05) is 12.4 Å². The molecule has 2 aromatic carbocycles. The molecule has 1 N–H and O–H groups in total. The smallest absolute Gasteiger partial charge is 0.247 e. The van der Waals surface area contributed by atoms with Crippen molar-refractivity contribution in [3.63, 3.8) is 0 Å². The number of aromatic nitrogens is 2. The molecule has 0 fully saturated rings. The number of fused-ring (bicyclic) bond motifs is 1. The Hall–Kier alpha value is -2.82. The van der Waals surface area contributed by atoms with Gasteiger partial charge in [-0.25, -0.2) is 0 Å². The maximum atomic E-state index is 5.90. The summed E-state index contributed by atoms with van der Waals surface area (Å²) in [5.41, 5.74) is 4.95. The number of aryl methyl sites for hydroxylation is 1. The minimum absolute atomic E-state index is 0.0528. The van der Waals surface area contributed by atoms with Gasteiger partial charge in [0.25, 0.3) is 0 Å². The van der Waals surface area contributed by atoms with Gasteiger partial charge in [0.1, 0.15) is 11.8 Å². The van der Waals surface area contributed by atoms with Crippen molar-refractivity contribution < 1.29 is 9.15 Å². The number of anilines is 1. The minimum Gasteiger partial charge on any atom is -0.497 e. The monoisotopic (exact) mass is 349 g/mol. The van der Waals surface area contributed by atoms with Gasteiger partial charge in [0.15, 0.2) is 0 Å². The summed E-state index contributed by atoms with van der Waals surface area (Å²) in [6.45, 7) is 2.05. The van der Waals surface area contributed by atoms with Crippen LogP contribution in [0.5, 0.6) is 5.75 Å². The molecule has 0 spiro atoms. The lowest BCUT2D eigenvalue weighted by molar-refractivity contribution is 0.415. The zero-order chi connectivity index (χ0) is 17.9. The highest BCUT2D eigenvalue weighted by atomic mass is 16.5. The Bertz CT molecular complexity index is 887. The van der Waals surface area contributed by atoms with E-state index in [-0.39, 0.29) is 6.04 Å². The van der Waals surface area contributed by atoms with Crippen molar-refractivity contribution in [1.82, 2.24) is 10.2 Å². The predicted octanol–water partition coefficient (Wildman–Crippen LogP) is 4.80. The fraction of sp³-hybridized carbons (Fsp3) is 0.333. The maximum Gasteiger partial charge on any atom is 0.247 e. The number of nitrogens with one attached hydrogen (secondary N) is 1. The molecule has 0 amide bonds. The molecular formula is C21H23N3O2. The molecule has 0 bridgehead atoms. The average molecular weight is 349 g/mol. The molecule has 1 heterocycles. The minimum atomic E-state index is -0.0528. The second kappa shape index (κ2) is 7.20. The van der Waals surface area contributed by atoms with Crippen molar-refractivity contribution in [3.8, 4) is 17.2 Å². The summed E-state index contributed by atoms with van der Waals surface area (Å²) in [5.74, 6) is 1.91. The molecule has 3 aromatic rings. The van der Waals surface area contributed by atoms with Crippen LogP contribution in [0.1, 0.15) is 42.8 Å². The summed E-state index contributed by atoms with van der Waals surface area (Å²) in [6.07, 6.45) is 4.83. The van der Waals surface area contributed by atoms with Crippen molar-refractivity contribution in [2.45, 2.75) is 38.6 Å². The fourth-order valence-electron chi connectivity index (χ4n) is 3.47. The first-order chi connectivity index (χ1) is 12.7. The van der Waals surface area contributed by atoms with E-state index in [1.807, 2.05) is 31.2 Å². The normalized spacial score (nSPS) is 14.5. The quantitative estimate of drug-likeness (QED) is 0.717. The van der Waals surface area contributed by atoms with Crippen molar-refractivity contribution in [2.24, 2.45) is 0 Å². The number of rotatable bonds is 5. The fourth-order valence-corrected chi connectivity index (χ4v) is 3.47. The molecule has 26 heavy (non-hydrogen) atoms. The van der Waals surface area contributed by atoms with Gasteiger partial charge in [0.2, 0.25) is 11.8 Å². The molecule has 5 nitrogen and oxygen atoms in total. The van der Waals surface area contributed by atoms with E-state index in [0.717, 1.165) is 17.7 Å². The zero-order valence-corrected chi connectivity index (χ0v) is 15.2. The molecule has 1 aromatic heterocycles. The Balaban J connectivity index is 1.52. The standard InChI is InChI=1S/C21H23N3O2/c1-14(22-19-9-5-7-15-6-3-4-8-18(15)19)20-23-24-21(26-20)16-10-12-17(25-2)13-11-16/h5,7,9-14,22H,3-4,6,8H2,1-2H3/t14-/m0/s1. The van der Waals surface area contributed by atoms with Crippen LogP contribution in [0.2, 0.25) is 0 Å². The van der Waals surface area contributed by atoms with E-state index in [1.54, 1.807) is 7.11 Å². The van der Waals surface area contributed by atoms with Crippen LogP contribution in [0.3, 0.4) is 0 Å². The largest absolute Gasteiger partial charge is 0.497 e. The van der Waals surface area contributed by atoms with E-state index in [4.69, 9.17) is 9.15 Å². The molecule has 1 aliphatic rings. The number of hydrogen-bond donors (Lipinski definition) is 1. The maximum absolute atomic E-state index is 5.90. The Labute approximate surface area is 153 Å². The third kappa shape index (κ3) is 3.29. The lowest BCUT2D eigenvalue weighted by Crippen LogP contribution is -2.12. The Morgan fingerprint density at radius 1 is 1.04 bits per heavy atom. The van der Waals surface area contributed by atoms with Gasteiger partial charge in [-0.2, -0.15) is 0 Å². The van der Waals surface area contributed by atoms with E-state index < -0.39 is 0 Å². The van der Waals surface area contributed by atoms with Crippen molar-refractivity contribution in [3.05, 3.63) is 59.5 Å². The summed E-state index contributed by atoms with van der Waals surface area (Å²) in [5, 5.41) is 12.0. The van der Waals surface area contributed by atoms with Crippen LogP contribution in [0.4, 0.5) is 5.69 Å². The number of ether oxygens (including phenoxy) is 1. The van der Waals surface area contributed by atoms with Crippen LogP contribution in [0.15, 0.2) is 46.9 Å². The van der Waals surface area contributed by atoms with Crippen molar-refractivity contribution >= 4 is 5.69 Å². The Kier molecular flexibility index (Phi) is 4.61. The van der Waals surface area contributed by atoms with Gasteiger partial charge in [-0.15, -0.1) is 10.2 Å². The third-order valence-corrected chi connectivity index (χ3v) is 4.92. The second-order valence-corrected chi connectivity index (χ2v) is 6.69. The average Bonchev–Trinajstić information content (AvgIpc) is 3.19. The van der Waals surface area contributed by atoms with E-state index in [2.05, 4.69) is 33.7 Å². The van der Waals surface area contributed by atoms with Crippen LogP contribution < -0.4 is 10.1 Å². The van der Waals surface area contributed by atoms with Crippen molar-refractivity contribution in [1.29, 1.82) is 0 Å². The number of hydrogen-bond acceptors (Lipinski definition) is 5. The molecular weight excluding hydrogens is 326 g/mol. The first-order valence-electron chi connectivity index (χ1n) is 9.10. The van der Waals surface area contributed by atoms with Gasteiger partial charge in [0, 0.05) is 11.3 Å². The van der Waals surface area contributed by atoms with E-state index >= 15 is 0 Å². The van der Waals surface area contributed by atoms with Gasteiger partial charge in [0.05, 0.1) is 7.11 Å². The number of nitrogens with zero attached hydrogens (tertiary/aromatic N) is 2. The zero-order valence-electron chi connectivity index (χ0n) is 15.2. The SMILES string of the molecule is COc1ccc(-c2nnc([C@H](C)Nc3cccc4c3CCCC4)o2)cc1. The van der Waals surface area contributed by atoms with Gasteiger partial charge in [-0.3, -0.25) is 0 Å². The summed E-state index contributed by atoms with van der Waals surface area (Å²) in [6, 6.07) is 14.1. The van der Waals surface area contributed by atoms with Crippen LogP contribution in [-0.4, -0.2) is 17.3 Å². The third-order valence-electron chi connectivity index (χ3n) is 4.92. The molecule has 1 aliphatic carbocycles. The molecule has 1 atom stereocenters. The highest BCUT2D eigenvalue weighted by molar-refractivity contribution is 5.57. The molecule has 0 saturated heterocycles. The molecule has 4 rings (SSSR count). The van der Waals surface area contributed by atoms with E-state index in [1.165, 1.54) is 36.1 Å². The first-order valence-corrected chi connectivity index (χ1v) is 9.10. The molecule has 134 valence electrons. The first kappa shape index (κ1) is 16.6. The summed E-state index contributed by atoms with van der Waals surface area (Å²) in [7, 11) is 1.65. The molecule has 5 heteroatoms. The van der Waals surface area contributed by atoms with Crippen LogP contribution in [-0.2, 0) is 12.8 Å². The summed E-state index contributed by atoms with van der Waals surface area (Å²) < 4.78 is 11.1. The molecule has 0 radical (unpaired) electrons. The summed E-state index contributed by atoms with van der Waals surface area (Å²) in [4.78, 5) is 0. The Morgan fingerprint density at radius 3 is 2.65 bits per heavy atom. The van der Waals surface area contributed by atoms with E-state index in [9.17, 15) is 0 Å². The van der Waals surface area contributed by atoms with Gasteiger partial charge >= 0.3 is 0 Å². The Morgan fingerprint density at radius 2 is 1.85 bits per heavy atom. The van der Waals surface area contributed by atoms with Gasteiger partial charge < -0.3 is 14.5 Å². The van der Waals surface area contributed by atoms with Gasteiger partial charge in [-0.1, -0.05) is 12.1 Å². The predicted molar refractivity (Wildman–Crippen MR) is 101 cm³/mol. The molecule has 0 aliphatic heterocycles. The van der Waals surface area contributed by atoms with E-state index in [0.29, 0.717) is 11.8 Å². The lowest BCUT2D eigenvalue weighted by atomic mass is 9.90. The van der Waals surface area contributed by atoms with Crippen LogP contribution >= 0.6 is 0 Å². The topological polar surface area (TPSA) is 60.2 Å². The number of benzene rings is 2. The molecule has 0 unspecified atom stereocenters. The number of methoxy groups -OCH3 is 1. The highest BCUT2D eigenvalue weighted by Crippen LogP contribution is 2.31. The second-order valence-electron chi connectivity index (χ2n) is 6.69. The van der Waals surface area contributed by atoms with Crippen LogP contribution in [0, 0.1) is 0 Å². The molecule has 0 saturated carbocycles. The summed E-state index contributed by atoms with van der Waals surface area (Å²) >= 11 is 0.